The van der Waals surface area contributed by atoms with Gasteiger partial charge in [-0.2, -0.15) is 0 Å². The summed E-state index contributed by atoms with van der Waals surface area (Å²) in [4.78, 5) is 3.66. The van der Waals surface area contributed by atoms with Crippen molar-refractivity contribution in [1.82, 2.24) is 4.98 Å². The predicted octanol–water partition coefficient (Wildman–Crippen LogP) is -3.34. The van der Waals surface area contributed by atoms with Gasteiger partial charge in [0, 0.05) is 0 Å². The van der Waals surface area contributed by atoms with Crippen molar-refractivity contribution in [2.75, 3.05) is 0 Å². The molecular formula is C20H17Cl2NTi. The summed E-state index contributed by atoms with van der Waals surface area (Å²) in [7, 11) is 0. The van der Waals surface area contributed by atoms with E-state index in [1.807, 2.05) is 0 Å². The summed E-state index contributed by atoms with van der Waals surface area (Å²) in [6.07, 6.45) is 2.22. The van der Waals surface area contributed by atoms with Crippen LogP contribution >= 0.6 is 0 Å². The molecule has 0 bridgehead atoms. The summed E-state index contributed by atoms with van der Waals surface area (Å²) in [6.45, 7) is 8.71. The molecule has 0 atom stereocenters. The molecule has 4 heteroatoms. The van der Waals surface area contributed by atoms with Gasteiger partial charge >= 0.3 is 139 Å². The van der Waals surface area contributed by atoms with Gasteiger partial charge < -0.3 is 24.8 Å². The minimum atomic E-state index is -0.418. The van der Waals surface area contributed by atoms with Crippen LogP contribution in [0, 0.1) is 13.8 Å². The molecule has 1 aromatic heterocycles. The van der Waals surface area contributed by atoms with Crippen LogP contribution in [0.2, 0.25) is 0 Å². The van der Waals surface area contributed by atoms with Gasteiger partial charge in [0.05, 0.1) is 0 Å². The minimum Gasteiger partial charge on any atom is -1.00 e. The minimum absolute atomic E-state index is 0. The molecule has 1 aliphatic rings. The second-order valence-corrected chi connectivity index (χ2v) is 7.83. The fourth-order valence-electron chi connectivity index (χ4n) is 3.30. The Balaban J connectivity index is 0.00000104. The van der Waals surface area contributed by atoms with Gasteiger partial charge in [-0.05, 0) is 0 Å². The van der Waals surface area contributed by atoms with E-state index >= 15 is 0 Å². The summed E-state index contributed by atoms with van der Waals surface area (Å²) >= 11 is -0.418. The van der Waals surface area contributed by atoms with Gasteiger partial charge in [0.1, 0.15) is 0 Å². The van der Waals surface area contributed by atoms with Crippen LogP contribution < -0.4 is 39.3 Å². The predicted molar refractivity (Wildman–Crippen MR) is 90.1 cm³/mol. The fourth-order valence-corrected chi connectivity index (χ4v) is 5.42. The van der Waals surface area contributed by atoms with Crippen LogP contribution in [0.15, 0.2) is 54.6 Å². The zero-order chi connectivity index (χ0) is 15.3. The molecular weight excluding hydrogens is 373 g/mol. The third kappa shape index (κ3) is 3.02. The van der Waals surface area contributed by atoms with Crippen LogP contribution in [0.1, 0.15) is 11.1 Å². The number of hydrogen-bond donors (Lipinski definition) is 1. The van der Waals surface area contributed by atoms with E-state index in [0.29, 0.717) is 0 Å². The van der Waals surface area contributed by atoms with Crippen molar-refractivity contribution in [2.24, 2.45) is 0 Å². The van der Waals surface area contributed by atoms with Gasteiger partial charge in [0.25, 0.3) is 0 Å². The van der Waals surface area contributed by atoms with Crippen LogP contribution in [-0.2, 0) is 19.2 Å². The van der Waals surface area contributed by atoms with E-state index in [-0.39, 0.29) is 24.8 Å². The second kappa shape index (κ2) is 7.33. The van der Waals surface area contributed by atoms with E-state index in [4.69, 9.17) is 0 Å². The molecule has 0 saturated heterocycles. The number of H-pyrrole nitrogens is 1. The second-order valence-electron chi connectivity index (χ2n) is 5.88. The Bertz CT molecular complexity index is 1050. The van der Waals surface area contributed by atoms with E-state index < -0.39 is 19.2 Å². The Morgan fingerprint density at radius 1 is 0.958 bits per heavy atom. The van der Waals surface area contributed by atoms with Crippen molar-refractivity contribution in [2.45, 2.75) is 13.8 Å². The van der Waals surface area contributed by atoms with Gasteiger partial charge in [0.2, 0.25) is 0 Å². The number of benzene rings is 2. The first-order chi connectivity index (χ1) is 10.6. The zero-order valence-electron chi connectivity index (χ0n) is 13.6. The van der Waals surface area contributed by atoms with Crippen LogP contribution in [0.4, 0.5) is 0 Å². The van der Waals surface area contributed by atoms with E-state index in [1.165, 1.54) is 45.9 Å². The standard InChI is InChI=1S/C10H10N.C10H7.2ClH.Ti/c1-7-4-3-5-9-10(7)8(2)6-11-9;1-8-6-9-4-2-3-5-10(9)7-8;;;/h3-5,11H,1-2H3;2-6H,1H2;2*1H;/q;;;;+2/p-2. The van der Waals surface area contributed by atoms with Crippen molar-refractivity contribution < 1.29 is 44.0 Å². The maximum atomic E-state index is 4.27. The number of nitrogens with one attached hydrogen (secondary N) is 1. The molecule has 0 fully saturated rings. The van der Waals surface area contributed by atoms with Gasteiger partial charge in [-0.15, -0.1) is 0 Å². The van der Waals surface area contributed by atoms with Crippen LogP contribution in [-0.4, -0.2) is 4.98 Å². The van der Waals surface area contributed by atoms with Gasteiger partial charge in [-0.1, -0.05) is 0 Å². The summed E-state index contributed by atoms with van der Waals surface area (Å²) in [5.41, 5.74) is 5.22. The number of aromatic amines is 1. The first-order valence-electron chi connectivity index (χ1n) is 7.50. The number of fused-ring (bicyclic) bond motifs is 2. The first kappa shape index (κ1) is 19.1. The summed E-state index contributed by atoms with van der Waals surface area (Å²) in [6, 6.07) is 15.1. The Hall–Kier alpha value is -1.25. The van der Waals surface area contributed by atoms with Crippen LogP contribution in [0.5, 0.6) is 0 Å². The van der Waals surface area contributed by atoms with Crippen LogP contribution in [0.25, 0.3) is 20.9 Å². The van der Waals surface area contributed by atoms with Crippen molar-refractivity contribution in [3.8, 4) is 0 Å². The molecule has 0 radical (unpaired) electrons. The molecule has 1 aliphatic carbocycles. The molecule has 0 saturated carbocycles. The summed E-state index contributed by atoms with van der Waals surface area (Å²) < 4.78 is 2.88. The van der Waals surface area contributed by atoms with Crippen LogP contribution in [0.3, 0.4) is 0 Å². The first-order valence-corrected chi connectivity index (χ1v) is 9.06. The van der Waals surface area contributed by atoms with Crippen molar-refractivity contribution in [3.63, 3.8) is 0 Å². The van der Waals surface area contributed by atoms with Gasteiger partial charge in [-0.25, -0.2) is 0 Å². The molecule has 1 heterocycles. The number of rotatable bonds is 2. The van der Waals surface area contributed by atoms with E-state index in [9.17, 15) is 0 Å². The molecule has 24 heavy (non-hydrogen) atoms. The maximum absolute atomic E-state index is 4.27. The molecule has 120 valence electrons. The average molecular weight is 390 g/mol. The smallest absolute Gasteiger partial charge is 1.00 e. The molecule has 1 nitrogen and oxygen atoms in total. The molecule has 0 aliphatic heterocycles. The number of halogens is 2. The number of aryl methyl sites for hydroxylation is 2. The number of aromatic nitrogens is 1. The maximum Gasteiger partial charge on any atom is -1.00 e. The van der Waals surface area contributed by atoms with E-state index in [2.05, 4.69) is 74.0 Å². The Morgan fingerprint density at radius 3 is 2.46 bits per heavy atom. The topological polar surface area (TPSA) is 15.8 Å². The largest absolute Gasteiger partial charge is 1.00 e. The fraction of sp³-hybridized carbons (Fsp3) is 0.100. The van der Waals surface area contributed by atoms with Crippen molar-refractivity contribution in [3.05, 3.63) is 76.2 Å². The average Bonchev–Trinajstić information content (AvgIpc) is 2.99. The Morgan fingerprint density at radius 2 is 1.71 bits per heavy atom. The molecule has 3 aromatic rings. The third-order valence-corrected chi connectivity index (χ3v) is 6.90. The van der Waals surface area contributed by atoms with Crippen molar-refractivity contribution >= 4 is 24.9 Å². The third-order valence-electron chi connectivity index (χ3n) is 4.41. The zero-order valence-corrected chi connectivity index (χ0v) is 16.7. The van der Waals surface area contributed by atoms with E-state index in [0.717, 1.165) is 0 Å². The SMILES string of the molecule is C=C1C=c2ccccc2=[C]1[Ti+2][c]1[nH]c2cccc(C)c2c1C.[Cl-].[Cl-]. The summed E-state index contributed by atoms with van der Waals surface area (Å²) in [5.74, 6) is 0. The Kier molecular flexibility index (Phi) is 5.83. The Labute approximate surface area is 163 Å². The van der Waals surface area contributed by atoms with Gasteiger partial charge in [0.15, 0.2) is 0 Å². The number of hydrogen-bond acceptors (Lipinski definition) is 0. The molecule has 1 N–H and O–H groups in total. The molecule has 0 unspecified atom stereocenters. The molecule has 4 rings (SSSR count). The van der Waals surface area contributed by atoms with Crippen molar-refractivity contribution in [1.29, 1.82) is 0 Å². The quantitative estimate of drug-likeness (QED) is 0.441. The molecule has 0 spiro atoms. The molecule has 0 amide bonds. The molecule has 2 aromatic carbocycles. The monoisotopic (exact) mass is 389 g/mol. The van der Waals surface area contributed by atoms with Gasteiger partial charge in [-0.3, -0.25) is 0 Å². The number of allylic oxidation sites excluding steroid dienone is 1. The normalized spacial score (nSPS) is 12.1. The van der Waals surface area contributed by atoms with E-state index in [1.54, 1.807) is 0 Å². The summed E-state index contributed by atoms with van der Waals surface area (Å²) in [5, 5.41) is 4.08.